The largest absolute Gasteiger partial charge is 0.383 e. The lowest BCUT2D eigenvalue weighted by Gasteiger charge is -2.25. The highest BCUT2D eigenvalue weighted by atomic mass is 16.5. The number of carbonyl (C=O) groups excluding carboxylic acids is 1. The third-order valence-corrected chi connectivity index (χ3v) is 2.96. The monoisotopic (exact) mass is 265 g/mol. The summed E-state index contributed by atoms with van der Waals surface area (Å²) in [7, 11) is 5.50. The second kappa shape index (κ2) is 7.89. The van der Waals surface area contributed by atoms with Crippen molar-refractivity contribution in [1.29, 1.82) is 0 Å². The van der Waals surface area contributed by atoms with Crippen LogP contribution in [-0.4, -0.2) is 51.2 Å². The second-order valence-corrected chi connectivity index (χ2v) is 4.70. The molecule has 0 heterocycles. The van der Waals surface area contributed by atoms with Crippen molar-refractivity contribution in [2.24, 2.45) is 5.73 Å². The molecule has 0 saturated carbocycles. The van der Waals surface area contributed by atoms with E-state index in [1.807, 2.05) is 44.4 Å². The maximum Gasteiger partial charge on any atom is 0.239 e. The van der Waals surface area contributed by atoms with E-state index in [0.717, 1.165) is 5.56 Å². The van der Waals surface area contributed by atoms with Gasteiger partial charge in [-0.05, 0) is 19.7 Å². The normalized spacial score (nSPS) is 14.2. The van der Waals surface area contributed by atoms with Crippen molar-refractivity contribution in [3.8, 4) is 0 Å². The molecule has 3 N–H and O–H groups in total. The summed E-state index contributed by atoms with van der Waals surface area (Å²) in [4.78, 5) is 13.8. The third kappa shape index (κ3) is 4.98. The number of ether oxygens (including phenoxy) is 1. The van der Waals surface area contributed by atoms with Gasteiger partial charge in [0.2, 0.25) is 5.91 Å². The molecule has 19 heavy (non-hydrogen) atoms. The summed E-state index contributed by atoms with van der Waals surface area (Å²) in [5, 5.41) is 2.86. The molecule has 5 heteroatoms. The van der Waals surface area contributed by atoms with Crippen LogP contribution in [0.3, 0.4) is 0 Å². The summed E-state index contributed by atoms with van der Waals surface area (Å²) >= 11 is 0. The zero-order valence-corrected chi connectivity index (χ0v) is 11.8. The molecule has 0 radical (unpaired) electrons. The fraction of sp³-hybridized carbons (Fsp3) is 0.500. The molecule has 2 atom stereocenters. The van der Waals surface area contributed by atoms with Crippen molar-refractivity contribution in [3.05, 3.63) is 35.9 Å². The van der Waals surface area contributed by atoms with E-state index in [2.05, 4.69) is 10.2 Å². The number of benzene rings is 1. The Hall–Kier alpha value is -1.43. The molecule has 0 aromatic heterocycles. The van der Waals surface area contributed by atoms with Gasteiger partial charge in [0.1, 0.15) is 6.04 Å². The van der Waals surface area contributed by atoms with E-state index in [0.29, 0.717) is 6.54 Å². The van der Waals surface area contributed by atoms with Gasteiger partial charge in [0.25, 0.3) is 0 Å². The van der Waals surface area contributed by atoms with Crippen LogP contribution >= 0.6 is 0 Å². The van der Waals surface area contributed by atoms with Gasteiger partial charge in [0.05, 0.1) is 12.6 Å². The quantitative estimate of drug-likeness (QED) is 0.748. The molecule has 0 saturated heterocycles. The molecular weight excluding hydrogens is 242 g/mol. The fourth-order valence-electron chi connectivity index (χ4n) is 1.86. The first kappa shape index (κ1) is 15.6. The first-order valence-corrected chi connectivity index (χ1v) is 6.30. The summed E-state index contributed by atoms with van der Waals surface area (Å²) in [6.45, 7) is 0.747. The number of nitrogens with two attached hydrogens (primary N) is 1. The Balaban J connectivity index is 2.59. The summed E-state index contributed by atoms with van der Waals surface area (Å²) in [5.41, 5.74) is 6.84. The molecule has 0 aliphatic carbocycles. The molecule has 1 amide bonds. The summed E-state index contributed by atoms with van der Waals surface area (Å²) in [5.74, 6) is -0.190. The highest BCUT2D eigenvalue weighted by Gasteiger charge is 2.17. The fourth-order valence-corrected chi connectivity index (χ4v) is 1.86. The Morgan fingerprint density at radius 2 is 2.00 bits per heavy atom. The topological polar surface area (TPSA) is 67.6 Å². The number of rotatable bonds is 7. The van der Waals surface area contributed by atoms with Gasteiger partial charge in [-0.1, -0.05) is 30.3 Å². The zero-order chi connectivity index (χ0) is 14.3. The van der Waals surface area contributed by atoms with E-state index in [4.69, 9.17) is 10.5 Å². The van der Waals surface area contributed by atoms with Gasteiger partial charge in [0.15, 0.2) is 0 Å². The Labute approximate surface area is 114 Å². The van der Waals surface area contributed by atoms with E-state index < -0.39 is 6.04 Å². The highest BCUT2D eigenvalue weighted by molar-refractivity contribution is 5.81. The van der Waals surface area contributed by atoms with Crippen LogP contribution in [0.2, 0.25) is 0 Å². The molecule has 1 aromatic rings. The van der Waals surface area contributed by atoms with Crippen molar-refractivity contribution in [3.63, 3.8) is 0 Å². The predicted octanol–water partition coefficient (Wildman–Crippen LogP) is 0.379. The molecule has 0 bridgehead atoms. The molecule has 0 fully saturated rings. The predicted molar refractivity (Wildman–Crippen MR) is 75.7 cm³/mol. The molecule has 0 spiro atoms. The number of hydrogen-bond acceptors (Lipinski definition) is 4. The third-order valence-electron chi connectivity index (χ3n) is 2.96. The number of likely N-dealkylation sites (N-methyl/N-ethyl adjacent to an activating group) is 1. The van der Waals surface area contributed by atoms with E-state index in [9.17, 15) is 4.79 Å². The Morgan fingerprint density at radius 3 is 2.53 bits per heavy atom. The van der Waals surface area contributed by atoms with Crippen LogP contribution in [0, 0.1) is 0 Å². The Kier molecular flexibility index (Phi) is 6.49. The van der Waals surface area contributed by atoms with Crippen LogP contribution in [0.5, 0.6) is 0 Å². The van der Waals surface area contributed by atoms with Crippen LogP contribution in [-0.2, 0) is 9.53 Å². The minimum Gasteiger partial charge on any atom is -0.383 e. The van der Waals surface area contributed by atoms with Gasteiger partial charge in [-0.15, -0.1) is 0 Å². The van der Waals surface area contributed by atoms with Gasteiger partial charge in [-0.3, -0.25) is 4.79 Å². The van der Waals surface area contributed by atoms with E-state index in [-0.39, 0.29) is 18.6 Å². The van der Waals surface area contributed by atoms with Crippen molar-refractivity contribution < 1.29 is 9.53 Å². The van der Waals surface area contributed by atoms with E-state index in [1.165, 1.54) is 7.11 Å². The average Bonchev–Trinajstić information content (AvgIpc) is 2.39. The summed E-state index contributed by atoms with van der Waals surface area (Å²) < 4.78 is 4.87. The van der Waals surface area contributed by atoms with Crippen molar-refractivity contribution >= 4 is 5.91 Å². The number of amides is 1. The number of methoxy groups -OCH3 is 1. The van der Waals surface area contributed by atoms with Crippen molar-refractivity contribution in [2.45, 2.75) is 12.1 Å². The lowest BCUT2D eigenvalue weighted by Crippen LogP contribution is -2.45. The molecular formula is C14H23N3O2. The van der Waals surface area contributed by atoms with E-state index >= 15 is 0 Å². The van der Waals surface area contributed by atoms with Gasteiger partial charge in [-0.2, -0.15) is 0 Å². The van der Waals surface area contributed by atoms with Crippen molar-refractivity contribution in [2.75, 3.05) is 34.4 Å². The van der Waals surface area contributed by atoms with Gasteiger partial charge < -0.3 is 20.7 Å². The molecule has 0 aliphatic rings. The Bertz CT molecular complexity index is 382. The minimum atomic E-state index is -0.622. The Morgan fingerprint density at radius 1 is 1.37 bits per heavy atom. The molecule has 5 nitrogen and oxygen atoms in total. The van der Waals surface area contributed by atoms with Crippen LogP contribution < -0.4 is 11.1 Å². The van der Waals surface area contributed by atoms with Crippen LogP contribution in [0.25, 0.3) is 0 Å². The van der Waals surface area contributed by atoms with Gasteiger partial charge >= 0.3 is 0 Å². The van der Waals surface area contributed by atoms with Crippen LogP contribution in [0.1, 0.15) is 11.6 Å². The zero-order valence-electron chi connectivity index (χ0n) is 11.8. The maximum atomic E-state index is 11.8. The average molecular weight is 265 g/mol. The lowest BCUT2D eigenvalue weighted by molar-refractivity contribution is -0.123. The van der Waals surface area contributed by atoms with Crippen LogP contribution in [0.15, 0.2) is 30.3 Å². The first-order chi connectivity index (χ1) is 9.06. The van der Waals surface area contributed by atoms with Crippen LogP contribution in [0.4, 0.5) is 0 Å². The lowest BCUT2D eigenvalue weighted by atomic mass is 10.1. The minimum absolute atomic E-state index is 0.125. The molecule has 1 aromatic carbocycles. The molecule has 1 rings (SSSR count). The van der Waals surface area contributed by atoms with Gasteiger partial charge in [-0.25, -0.2) is 0 Å². The number of hydrogen-bond donors (Lipinski definition) is 2. The van der Waals surface area contributed by atoms with Crippen molar-refractivity contribution in [1.82, 2.24) is 10.2 Å². The molecule has 2 unspecified atom stereocenters. The SMILES string of the molecule is COCC(N)C(=O)NCC(c1ccccc1)N(C)C. The van der Waals surface area contributed by atoms with Gasteiger partial charge in [0, 0.05) is 13.7 Å². The second-order valence-electron chi connectivity index (χ2n) is 4.70. The summed E-state index contributed by atoms with van der Waals surface area (Å²) in [6, 6.07) is 9.55. The molecule has 0 aliphatic heterocycles. The smallest absolute Gasteiger partial charge is 0.239 e. The summed E-state index contributed by atoms with van der Waals surface area (Å²) in [6.07, 6.45) is 0. The number of nitrogens with zero attached hydrogens (tertiary/aromatic N) is 1. The van der Waals surface area contributed by atoms with E-state index in [1.54, 1.807) is 0 Å². The molecule has 106 valence electrons. The number of nitrogens with one attached hydrogen (secondary N) is 1. The standard InChI is InChI=1S/C14H23N3O2/c1-17(2)13(11-7-5-4-6-8-11)9-16-14(18)12(15)10-19-3/h4-8,12-13H,9-10,15H2,1-3H3,(H,16,18). The highest BCUT2D eigenvalue weighted by Crippen LogP contribution is 2.16. The number of carbonyl (C=O) groups is 1. The first-order valence-electron chi connectivity index (χ1n) is 6.30. The maximum absolute atomic E-state index is 11.8.